The van der Waals surface area contributed by atoms with Gasteiger partial charge in [-0.3, -0.25) is 14.5 Å². The van der Waals surface area contributed by atoms with Crippen LogP contribution in [0.2, 0.25) is 10.0 Å². The van der Waals surface area contributed by atoms with Gasteiger partial charge in [-0.15, -0.1) is 0 Å². The first-order chi connectivity index (χ1) is 15.4. The maximum Gasteiger partial charge on any atom is 0.239 e. The Bertz CT molecular complexity index is 982. The number of benzene rings is 1. The molecule has 2 aromatic rings. The van der Waals surface area contributed by atoms with Crippen molar-refractivity contribution in [3.05, 3.63) is 45.6 Å². The van der Waals surface area contributed by atoms with Gasteiger partial charge >= 0.3 is 0 Å². The Morgan fingerprint density at radius 3 is 2.47 bits per heavy atom. The average molecular weight is 481 g/mol. The van der Waals surface area contributed by atoms with Crippen LogP contribution in [-0.2, 0) is 19.7 Å². The number of rotatable bonds is 5. The van der Waals surface area contributed by atoms with Crippen LogP contribution in [0.15, 0.2) is 28.8 Å². The lowest BCUT2D eigenvalue weighted by molar-refractivity contribution is -0.143. The molecule has 2 aliphatic heterocycles. The quantitative estimate of drug-likeness (QED) is 0.706. The van der Waals surface area contributed by atoms with Gasteiger partial charge in [0.25, 0.3) is 0 Å². The van der Waals surface area contributed by atoms with Crippen LogP contribution >= 0.6 is 23.2 Å². The topological polar surface area (TPSA) is 87.9 Å². The molecule has 2 fully saturated rings. The van der Waals surface area contributed by atoms with Gasteiger partial charge in [0.1, 0.15) is 5.76 Å². The number of amides is 2. The predicted octanol–water partition coefficient (Wildman–Crippen LogP) is 3.12. The van der Waals surface area contributed by atoms with Crippen LogP contribution in [-0.4, -0.2) is 72.7 Å². The number of ether oxygens (including phenoxy) is 1. The smallest absolute Gasteiger partial charge is 0.239 e. The summed E-state index contributed by atoms with van der Waals surface area (Å²) in [5.74, 6) is 0.942. The highest BCUT2D eigenvalue weighted by Crippen LogP contribution is 2.41. The van der Waals surface area contributed by atoms with Gasteiger partial charge in [-0.2, -0.15) is 0 Å². The van der Waals surface area contributed by atoms with Gasteiger partial charge in [0.15, 0.2) is 5.82 Å². The summed E-state index contributed by atoms with van der Waals surface area (Å²) in [6.07, 6.45) is 1.15. The molecule has 8 nitrogen and oxygen atoms in total. The lowest BCUT2D eigenvalue weighted by atomic mass is 9.72. The van der Waals surface area contributed by atoms with Crippen molar-refractivity contribution in [2.75, 3.05) is 51.3 Å². The second-order valence-corrected chi connectivity index (χ2v) is 9.10. The van der Waals surface area contributed by atoms with Crippen molar-refractivity contribution in [1.82, 2.24) is 15.0 Å². The standard InChI is InChI=1S/C22H26Cl2N4O4/c1-15-12-19(26-32-15)25-20(29)14-27-6-8-28(9-7-27)21(30)22(4-10-31-11-5-22)17-3-2-16(23)13-18(17)24/h2-3,12-13H,4-11,14H2,1H3,(H,25,26,29). The number of aryl methyl sites for hydroxylation is 1. The minimum absolute atomic E-state index is 0.0622. The SMILES string of the molecule is Cc1cc(NC(=O)CN2CCN(C(=O)C3(c4ccc(Cl)cc4Cl)CCOCC3)CC2)no1. The fraction of sp³-hybridized carbons (Fsp3) is 0.500. The number of hydrogen-bond donors (Lipinski definition) is 1. The summed E-state index contributed by atoms with van der Waals surface area (Å²) in [5.41, 5.74) is 0.0890. The Morgan fingerprint density at radius 1 is 1.12 bits per heavy atom. The molecule has 10 heteroatoms. The average Bonchev–Trinajstić information content (AvgIpc) is 3.18. The number of anilines is 1. The van der Waals surface area contributed by atoms with E-state index >= 15 is 0 Å². The van der Waals surface area contributed by atoms with Crippen molar-refractivity contribution in [2.24, 2.45) is 0 Å². The van der Waals surface area contributed by atoms with E-state index in [0.29, 0.717) is 73.9 Å². The molecule has 2 amide bonds. The highest BCUT2D eigenvalue weighted by atomic mass is 35.5. The van der Waals surface area contributed by atoms with Gasteiger partial charge in [0.2, 0.25) is 11.8 Å². The number of carbonyl (C=O) groups excluding carboxylic acids is 2. The van der Waals surface area contributed by atoms with E-state index in [9.17, 15) is 9.59 Å². The van der Waals surface area contributed by atoms with E-state index in [1.165, 1.54) is 0 Å². The van der Waals surface area contributed by atoms with E-state index < -0.39 is 5.41 Å². The van der Waals surface area contributed by atoms with E-state index in [0.717, 1.165) is 5.56 Å². The molecule has 2 aliphatic rings. The van der Waals surface area contributed by atoms with Crippen LogP contribution < -0.4 is 5.32 Å². The zero-order chi connectivity index (χ0) is 22.7. The fourth-order valence-electron chi connectivity index (χ4n) is 4.42. The fourth-order valence-corrected chi connectivity index (χ4v) is 5.01. The monoisotopic (exact) mass is 480 g/mol. The summed E-state index contributed by atoms with van der Waals surface area (Å²) in [4.78, 5) is 30.0. The third-order valence-electron chi connectivity index (χ3n) is 6.12. The predicted molar refractivity (Wildman–Crippen MR) is 121 cm³/mol. The molecule has 172 valence electrons. The Hall–Kier alpha value is -2.13. The number of nitrogens with one attached hydrogen (secondary N) is 1. The van der Waals surface area contributed by atoms with Gasteiger partial charge in [-0.25, -0.2) is 0 Å². The van der Waals surface area contributed by atoms with Crippen molar-refractivity contribution in [3.8, 4) is 0 Å². The molecule has 3 heterocycles. The lowest BCUT2D eigenvalue weighted by Gasteiger charge is -2.43. The number of carbonyl (C=O) groups is 2. The van der Waals surface area contributed by atoms with Crippen LogP contribution in [0.4, 0.5) is 5.82 Å². The molecule has 0 unspecified atom stereocenters. The van der Waals surface area contributed by atoms with Crippen LogP contribution in [0.1, 0.15) is 24.2 Å². The molecule has 1 aromatic heterocycles. The van der Waals surface area contributed by atoms with Crippen molar-refractivity contribution in [2.45, 2.75) is 25.2 Å². The number of hydrogen-bond acceptors (Lipinski definition) is 6. The Balaban J connectivity index is 1.40. The summed E-state index contributed by atoms with van der Waals surface area (Å²) < 4.78 is 10.5. The number of piperazine rings is 1. The molecule has 1 N–H and O–H groups in total. The number of nitrogens with zero attached hydrogens (tertiary/aromatic N) is 3. The third-order valence-corrected chi connectivity index (χ3v) is 6.67. The minimum atomic E-state index is -0.718. The van der Waals surface area contributed by atoms with Crippen molar-refractivity contribution in [3.63, 3.8) is 0 Å². The first-order valence-electron chi connectivity index (χ1n) is 10.7. The highest BCUT2D eigenvalue weighted by molar-refractivity contribution is 6.35. The second kappa shape index (κ2) is 9.79. The van der Waals surface area contributed by atoms with Crippen LogP contribution in [0, 0.1) is 6.92 Å². The molecule has 0 radical (unpaired) electrons. The van der Waals surface area contributed by atoms with Crippen LogP contribution in [0.3, 0.4) is 0 Å². The summed E-state index contributed by atoms with van der Waals surface area (Å²) in [5, 5.41) is 7.55. The summed E-state index contributed by atoms with van der Waals surface area (Å²) in [7, 11) is 0. The van der Waals surface area contributed by atoms with Gasteiger partial charge in [-0.05, 0) is 37.5 Å². The van der Waals surface area contributed by atoms with Crippen LogP contribution in [0.25, 0.3) is 0 Å². The highest BCUT2D eigenvalue weighted by Gasteiger charge is 2.45. The van der Waals surface area contributed by atoms with Crippen LogP contribution in [0.5, 0.6) is 0 Å². The molecule has 4 rings (SSSR count). The van der Waals surface area contributed by atoms with Gasteiger partial charge < -0.3 is 19.5 Å². The first kappa shape index (κ1) is 23.0. The maximum absolute atomic E-state index is 13.7. The third kappa shape index (κ3) is 4.93. The summed E-state index contributed by atoms with van der Waals surface area (Å²) in [6.45, 7) is 5.32. The molecule has 0 aliphatic carbocycles. The van der Waals surface area contributed by atoms with Gasteiger partial charge in [0, 0.05) is 55.5 Å². The zero-order valence-electron chi connectivity index (χ0n) is 17.9. The minimum Gasteiger partial charge on any atom is -0.381 e. The van der Waals surface area contributed by atoms with Gasteiger partial charge in [0.05, 0.1) is 12.0 Å². The van der Waals surface area contributed by atoms with E-state index in [4.69, 9.17) is 32.5 Å². The molecule has 0 saturated carbocycles. The Morgan fingerprint density at radius 2 is 1.84 bits per heavy atom. The van der Waals surface area contributed by atoms with E-state index in [2.05, 4.69) is 10.5 Å². The molecule has 0 bridgehead atoms. The molecular formula is C22H26Cl2N4O4. The number of aromatic nitrogens is 1. The molecule has 0 spiro atoms. The number of halogens is 2. The second-order valence-electron chi connectivity index (χ2n) is 8.26. The Labute approximate surface area is 196 Å². The van der Waals surface area contributed by atoms with Gasteiger partial charge in [-0.1, -0.05) is 34.4 Å². The van der Waals surface area contributed by atoms with Crippen molar-refractivity contribution >= 4 is 40.8 Å². The van der Waals surface area contributed by atoms with E-state index in [1.54, 1.807) is 25.1 Å². The molecule has 32 heavy (non-hydrogen) atoms. The van der Waals surface area contributed by atoms with E-state index in [-0.39, 0.29) is 18.4 Å². The zero-order valence-corrected chi connectivity index (χ0v) is 19.4. The first-order valence-corrected chi connectivity index (χ1v) is 11.4. The molecular weight excluding hydrogens is 455 g/mol. The maximum atomic E-state index is 13.7. The largest absolute Gasteiger partial charge is 0.381 e. The molecule has 1 aromatic carbocycles. The molecule has 0 atom stereocenters. The lowest BCUT2D eigenvalue weighted by Crippen LogP contribution is -2.56. The summed E-state index contributed by atoms with van der Waals surface area (Å²) >= 11 is 12.6. The molecule has 2 saturated heterocycles. The van der Waals surface area contributed by atoms with E-state index in [1.807, 2.05) is 15.9 Å². The normalized spacial score (nSPS) is 19.0. The Kier molecular flexibility index (Phi) is 7.05. The summed E-state index contributed by atoms with van der Waals surface area (Å²) in [6, 6.07) is 7.00. The van der Waals surface area contributed by atoms with Crippen molar-refractivity contribution < 1.29 is 18.8 Å². The van der Waals surface area contributed by atoms with Crippen molar-refractivity contribution in [1.29, 1.82) is 0 Å².